The average Bonchev–Trinajstić information content (AvgIpc) is 3.49. The number of aryl methyl sites for hydroxylation is 1. The summed E-state index contributed by atoms with van der Waals surface area (Å²) in [7, 11) is 0. The fourth-order valence-electron chi connectivity index (χ4n) is 4.44. The summed E-state index contributed by atoms with van der Waals surface area (Å²) in [5.74, 6) is 1.29. The Bertz CT molecular complexity index is 1370. The lowest BCUT2D eigenvalue weighted by molar-refractivity contribution is 0.0980. The molecule has 5 rings (SSSR count). The molecule has 0 unspecified atom stereocenters. The lowest BCUT2D eigenvalue weighted by Gasteiger charge is -2.29. The van der Waals surface area contributed by atoms with Crippen LogP contribution in [0.2, 0.25) is 0 Å². The first-order chi connectivity index (χ1) is 16.3. The third-order valence-corrected chi connectivity index (χ3v) is 6.34. The number of benzene rings is 1. The molecule has 1 aliphatic heterocycles. The molecular formula is C26H29N7O. The van der Waals surface area contributed by atoms with Gasteiger partial charge in [0.2, 0.25) is 0 Å². The van der Waals surface area contributed by atoms with Crippen LogP contribution in [0.3, 0.4) is 0 Å². The SMILES string of the molecule is Cc1cc2c(cc1-c1cnn(C(C)C)c1)C(=O)N(c1cccc(-c3nncn3C(C)C)n1)CC2. The molecule has 4 heterocycles. The third kappa shape index (κ3) is 3.79. The second-order valence-corrected chi connectivity index (χ2v) is 9.37. The van der Waals surface area contributed by atoms with Gasteiger partial charge in [-0.2, -0.15) is 5.10 Å². The second kappa shape index (κ2) is 8.52. The van der Waals surface area contributed by atoms with E-state index in [0.29, 0.717) is 23.9 Å². The van der Waals surface area contributed by atoms with Gasteiger partial charge in [0.1, 0.15) is 17.8 Å². The quantitative estimate of drug-likeness (QED) is 0.429. The van der Waals surface area contributed by atoms with Crippen molar-refractivity contribution in [1.29, 1.82) is 0 Å². The highest BCUT2D eigenvalue weighted by Gasteiger charge is 2.28. The van der Waals surface area contributed by atoms with E-state index in [0.717, 1.165) is 34.2 Å². The summed E-state index contributed by atoms with van der Waals surface area (Å²) in [5.41, 5.74) is 5.71. The molecule has 8 nitrogen and oxygen atoms in total. The van der Waals surface area contributed by atoms with Gasteiger partial charge in [0.15, 0.2) is 5.82 Å². The molecule has 0 saturated heterocycles. The van der Waals surface area contributed by atoms with Crippen molar-refractivity contribution < 1.29 is 4.79 Å². The highest BCUT2D eigenvalue weighted by Crippen LogP contribution is 2.32. The number of rotatable bonds is 5. The maximum Gasteiger partial charge on any atom is 0.259 e. The van der Waals surface area contributed by atoms with Gasteiger partial charge >= 0.3 is 0 Å². The Morgan fingerprint density at radius 1 is 1.03 bits per heavy atom. The van der Waals surface area contributed by atoms with Gasteiger partial charge in [-0.25, -0.2) is 4.98 Å². The minimum absolute atomic E-state index is 0.0336. The van der Waals surface area contributed by atoms with Crippen LogP contribution in [0, 0.1) is 6.92 Å². The van der Waals surface area contributed by atoms with E-state index in [4.69, 9.17) is 4.98 Å². The summed E-state index contributed by atoms with van der Waals surface area (Å²) < 4.78 is 3.92. The summed E-state index contributed by atoms with van der Waals surface area (Å²) in [6, 6.07) is 10.3. The summed E-state index contributed by atoms with van der Waals surface area (Å²) >= 11 is 0. The number of carbonyl (C=O) groups is 1. The van der Waals surface area contributed by atoms with Crippen LogP contribution in [0.4, 0.5) is 5.82 Å². The molecule has 0 N–H and O–H groups in total. The largest absolute Gasteiger partial charge is 0.310 e. The molecule has 0 bridgehead atoms. The summed E-state index contributed by atoms with van der Waals surface area (Å²) in [6.45, 7) is 11.0. The zero-order chi connectivity index (χ0) is 24.0. The van der Waals surface area contributed by atoms with Crippen molar-refractivity contribution in [2.24, 2.45) is 0 Å². The normalized spacial score (nSPS) is 13.7. The van der Waals surface area contributed by atoms with Crippen LogP contribution in [-0.4, -0.2) is 42.0 Å². The second-order valence-electron chi connectivity index (χ2n) is 9.37. The Labute approximate surface area is 199 Å². The van der Waals surface area contributed by atoms with E-state index in [-0.39, 0.29) is 18.0 Å². The zero-order valence-corrected chi connectivity index (χ0v) is 20.2. The van der Waals surface area contributed by atoms with Gasteiger partial charge in [-0.1, -0.05) is 12.1 Å². The van der Waals surface area contributed by atoms with Crippen molar-refractivity contribution in [3.63, 3.8) is 0 Å². The molecular weight excluding hydrogens is 426 g/mol. The molecule has 1 amide bonds. The van der Waals surface area contributed by atoms with Crippen LogP contribution < -0.4 is 4.90 Å². The van der Waals surface area contributed by atoms with Crippen molar-refractivity contribution >= 4 is 11.7 Å². The highest BCUT2D eigenvalue weighted by atomic mass is 16.2. The Balaban J connectivity index is 1.50. The zero-order valence-electron chi connectivity index (χ0n) is 20.2. The Morgan fingerprint density at radius 2 is 1.85 bits per heavy atom. The molecule has 8 heteroatoms. The number of nitrogens with zero attached hydrogens (tertiary/aromatic N) is 7. The van der Waals surface area contributed by atoms with E-state index in [9.17, 15) is 4.79 Å². The van der Waals surface area contributed by atoms with Crippen molar-refractivity contribution in [1.82, 2.24) is 29.5 Å². The van der Waals surface area contributed by atoms with Crippen LogP contribution in [0.1, 0.15) is 61.3 Å². The van der Waals surface area contributed by atoms with Gasteiger partial charge in [-0.3, -0.25) is 14.4 Å². The Kier molecular flexibility index (Phi) is 5.51. The maximum atomic E-state index is 13.6. The molecule has 34 heavy (non-hydrogen) atoms. The van der Waals surface area contributed by atoms with Gasteiger partial charge in [0.25, 0.3) is 5.91 Å². The van der Waals surface area contributed by atoms with Crippen LogP contribution in [0.5, 0.6) is 0 Å². The minimum atomic E-state index is -0.0336. The summed E-state index contributed by atoms with van der Waals surface area (Å²) in [5, 5.41) is 12.8. The number of hydrogen-bond acceptors (Lipinski definition) is 5. The molecule has 0 atom stereocenters. The van der Waals surface area contributed by atoms with Crippen molar-refractivity contribution in [3.8, 4) is 22.6 Å². The van der Waals surface area contributed by atoms with E-state index in [2.05, 4.69) is 56.0 Å². The fourth-order valence-corrected chi connectivity index (χ4v) is 4.44. The first kappa shape index (κ1) is 22.0. The van der Waals surface area contributed by atoms with Gasteiger partial charge in [-0.15, -0.1) is 10.2 Å². The van der Waals surface area contributed by atoms with Crippen molar-refractivity contribution in [3.05, 3.63) is 65.7 Å². The highest BCUT2D eigenvalue weighted by molar-refractivity contribution is 6.08. The van der Waals surface area contributed by atoms with Gasteiger partial charge in [0, 0.05) is 36.0 Å². The van der Waals surface area contributed by atoms with E-state index in [1.165, 1.54) is 0 Å². The first-order valence-electron chi connectivity index (χ1n) is 11.7. The topological polar surface area (TPSA) is 81.7 Å². The Hall–Kier alpha value is -3.81. The van der Waals surface area contributed by atoms with E-state index in [1.54, 1.807) is 11.2 Å². The molecule has 1 aliphatic rings. The molecule has 0 saturated carbocycles. The third-order valence-electron chi connectivity index (χ3n) is 6.34. The number of pyridine rings is 1. The maximum absolute atomic E-state index is 13.6. The predicted molar refractivity (Wildman–Crippen MR) is 132 cm³/mol. The van der Waals surface area contributed by atoms with Crippen molar-refractivity contribution in [2.45, 2.75) is 53.1 Å². The van der Waals surface area contributed by atoms with Crippen LogP contribution in [0.25, 0.3) is 22.6 Å². The lowest BCUT2D eigenvalue weighted by atomic mass is 9.91. The molecule has 3 aromatic heterocycles. The lowest BCUT2D eigenvalue weighted by Crippen LogP contribution is -2.38. The predicted octanol–water partition coefficient (Wildman–Crippen LogP) is 4.88. The number of anilines is 1. The molecule has 0 aliphatic carbocycles. The van der Waals surface area contributed by atoms with Crippen LogP contribution in [0.15, 0.2) is 49.1 Å². The minimum Gasteiger partial charge on any atom is -0.310 e. The molecule has 0 radical (unpaired) electrons. The van der Waals surface area contributed by atoms with Crippen LogP contribution >= 0.6 is 0 Å². The molecule has 0 fully saturated rings. The van der Waals surface area contributed by atoms with Crippen LogP contribution in [-0.2, 0) is 6.42 Å². The molecule has 1 aromatic carbocycles. The number of fused-ring (bicyclic) bond motifs is 1. The molecule has 4 aromatic rings. The van der Waals surface area contributed by atoms with Crippen molar-refractivity contribution in [2.75, 3.05) is 11.4 Å². The monoisotopic (exact) mass is 455 g/mol. The first-order valence-corrected chi connectivity index (χ1v) is 11.7. The number of aromatic nitrogens is 6. The fraction of sp³-hybridized carbons (Fsp3) is 0.346. The van der Waals surface area contributed by atoms with E-state index < -0.39 is 0 Å². The number of carbonyl (C=O) groups excluding carboxylic acids is 1. The molecule has 0 spiro atoms. The van der Waals surface area contributed by atoms with Gasteiger partial charge < -0.3 is 4.57 Å². The molecule has 174 valence electrons. The Morgan fingerprint density at radius 3 is 2.59 bits per heavy atom. The smallest absolute Gasteiger partial charge is 0.259 e. The summed E-state index contributed by atoms with van der Waals surface area (Å²) in [4.78, 5) is 20.2. The van der Waals surface area contributed by atoms with Gasteiger partial charge in [-0.05, 0) is 75.9 Å². The van der Waals surface area contributed by atoms with E-state index in [1.807, 2.05) is 45.9 Å². The average molecular weight is 456 g/mol. The number of hydrogen-bond donors (Lipinski definition) is 0. The van der Waals surface area contributed by atoms with Gasteiger partial charge in [0.05, 0.1) is 6.20 Å². The standard InChI is InChI=1S/C26H29N7O/c1-16(2)32-15-27-30-25(32)23-7-6-8-24(29-23)31-10-9-19-11-18(5)21(12-22(19)26(31)34)20-13-28-33(14-20)17(3)4/h6-8,11-17H,9-10H2,1-5H3. The summed E-state index contributed by atoms with van der Waals surface area (Å²) in [6.07, 6.45) is 6.40. The van der Waals surface area contributed by atoms with E-state index >= 15 is 0 Å². The number of amides is 1.